The second kappa shape index (κ2) is 2.95. The van der Waals surface area contributed by atoms with E-state index < -0.39 is 0 Å². The number of aromatic nitrogens is 3. The largest absolute Gasteiger partial charge is 0.324 e. The van der Waals surface area contributed by atoms with Crippen molar-refractivity contribution in [2.75, 3.05) is 6.54 Å². The molecule has 0 aliphatic carbocycles. The van der Waals surface area contributed by atoms with Gasteiger partial charge in [0, 0.05) is 11.8 Å². The van der Waals surface area contributed by atoms with Crippen molar-refractivity contribution in [2.24, 2.45) is 5.73 Å². The topological polar surface area (TPSA) is 73.3 Å². The Bertz CT molecular complexity index is 448. The van der Waals surface area contributed by atoms with Crippen LogP contribution in [0, 0.1) is 0 Å². The molecular formula is C8H8N4O. The molecule has 0 atom stereocenters. The number of Topliss-reactive ketones (excluding diaryl/α,β-unsaturated/α-hetero) is 1. The number of ketones is 1. The Labute approximate surface area is 74.2 Å². The van der Waals surface area contributed by atoms with Gasteiger partial charge in [0.2, 0.25) is 0 Å². The number of hydrogen-bond donors (Lipinski definition) is 1. The van der Waals surface area contributed by atoms with Gasteiger partial charge in [-0.15, -0.1) is 0 Å². The summed E-state index contributed by atoms with van der Waals surface area (Å²) < 4.78 is 1.54. The molecule has 0 aromatic carbocycles. The Morgan fingerprint density at radius 3 is 3.15 bits per heavy atom. The lowest BCUT2D eigenvalue weighted by molar-refractivity contribution is 0.100. The highest BCUT2D eigenvalue weighted by Gasteiger charge is 2.04. The first kappa shape index (κ1) is 7.88. The van der Waals surface area contributed by atoms with Crippen molar-refractivity contribution in [3.8, 4) is 0 Å². The standard InChI is InChI=1S/C8H8N4O/c9-3-7(13)6-1-2-8-10-5-11-12(8)4-6/h1-2,4-5H,3,9H2. The Balaban J connectivity index is 2.54. The van der Waals surface area contributed by atoms with Crippen LogP contribution in [0.25, 0.3) is 5.65 Å². The molecule has 0 saturated carbocycles. The zero-order valence-corrected chi connectivity index (χ0v) is 6.84. The van der Waals surface area contributed by atoms with Crippen molar-refractivity contribution < 1.29 is 4.79 Å². The minimum Gasteiger partial charge on any atom is -0.324 e. The Morgan fingerprint density at radius 1 is 1.54 bits per heavy atom. The van der Waals surface area contributed by atoms with Gasteiger partial charge in [-0.25, -0.2) is 9.50 Å². The third-order valence-corrected chi connectivity index (χ3v) is 1.78. The number of nitrogens with two attached hydrogens (primary N) is 1. The van der Waals surface area contributed by atoms with Gasteiger partial charge in [0.25, 0.3) is 0 Å². The average Bonchev–Trinajstić information content (AvgIpc) is 2.63. The van der Waals surface area contributed by atoms with Crippen molar-refractivity contribution in [3.63, 3.8) is 0 Å². The molecule has 0 bridgehead atoms. The molecule has 0 fully saturated rings. The number of hydrogen-bond acceptors (Lipinski definition) is 4. The quantitative estimate of drug-likeness (QED) is 0.647. The summed E-state index contributed by atoms with van der Waals surface area (Å²) in [6.45, 7) is 0.0141. The second-order valence-electron chi connectivity index (χ2n) is 2.61. The van der Waals surface area contributed by atoms with E-state index in [9.17, 15) is 4.79 Å². The van der Waals surface area contributed by atoms with Gasteiger partial charge in [-0.1, -0.05) is 0 Å². The van der Waals surface area contributed by atoms with E-state index in [1.165, 1.54) is 6.33 Å². The number of rotatable bonds is 2. The number of carbonyl (C=O) groups is 1. The third-order valence-electron chi connectivity index (χ3n) is 1.78. The van der Waals surface area contributed by atoms with E-state index in [1.807, 2.05) is 0 Å². The maximum atomic E-state index is 11.2. The first-order chi connectivity index (χ1) is 6.31. The summed E-state index contributed by atoms with van der Waals surface area (Å²) in [5.41, 5.74) is 6.50. The van der Waals surface area contributed by atoms with Crippen LogP contribution in [-0.4, -0.2) is 26.9 Å². The lowest BCUT2D eigenvalue weighted by Crippen LogP contribution is -2.14. The predicted octanol–water partition coefficient (Wildman–Crippen LogP) is -0.129. The van der Waals surface area contributed by atoms with Crippen molar-refractivity contribution in [2.45, 2.75) is 0 Å². The van der Waals surface area contributed by atoms with E-state index in [-0.39, 0.29) is 12.3 Å². The highest BCUT2D eigenvalue weighted by Crippen LogP contribution is 2.02. The zero-order chi connectivity index (χ0) is 9.26. The number of pyridine rings is 1. The molecular weight excluding hydrogens is 168 g/mol. The fourth-order valence-electron chi connectivity index (χ4n) is 1.10. The van der Waals surface area contributed by atoms with Gasteiger partial charge < -0.3 is 5.73 Å². The first-order valence-corrected chi connectivity index (χ1v) is 3.84. The summed E-state index contributed by atoms with van der Waals surface area (Å²) in [6, 6.07) is 3.43. The smallest absolute Gasteiger partial charge is 0.177 e. The Morgan fingerprint density at radius 2 is 2.38 bits per heavy atom. The average molecular weight is 176 g/mol. The SMILES string of the molecule is NCC(=O)c1ccc2ncnn2c1. The Hall–Kier alpha value is -1.75. The first-order valence-electron chi connectivity index (χ1n) is 3.84. The maximum Gasteiger partial charge on any atom is 0.177 e. The molecule has 0 spiro atoms. The van der Waals surface area contributed by atoms with Crippen molar-refractivity contribution in [1.29, 1.82) is 0 Å². The van der Waals surface area contributed by atoms with E-state index >= 15 is 0 Å². The molecule has 2 N–H and O–H groups in total. The molecule has 0 amide bonds. The molecule has 13 heavy (non-hydrogen) atoms. The molecule has 0 radical (unpaired) electrons. The minimum atomic E-state index is -0.0996. The molecule has 2 aromatic rings. The number of nitrogens with zero attached hydrogens (tertiary/aromatic N) is 3. The van der Waals surface area contributed by atoms with Gasteiger partial charge in [0.1, 0.15) is 6.33 Å². The van der Waals surface area contributed by atoms with E-state index in [0.717, 1.165) is 0 Å². The summed E-state index contributed by atoms with van der Waals surface area (Å²) >= 11 is 0. The van der Waals surface area contributed by atoms with E-state index in [2.05, 4.69) is 10.1 Å². The highest BCUT2D eigenvalue weighted by molar-refractivity contribution is 5.97. The van der Waals surface area contributed by atoms with Gasteiger partial charge in [-0.3, -0.25) is 4.79 Å². The normalized spacial score (nSPS) is 10.5. The summed E-state index contributed by atoms with van der Waals surface area (Å²) in [6.07, 6.45) is 3.06. The number of fused-ring (bicyclic) bond motifs is 1. The predicted molar refractivity (Wildman–Crippen MR) is 46.4 cm³/mol. The van der Waals surface area contributed by atoms with Crippen LogP contribution in [0.15, 0.2) is 24.7 Å². The lowest BCUT2D eigenvalue weighted by Gasteiger charge is -1.97. The molecule has 5 nitrogen and oxygen atoms in total. The lowest BCUT2D eigenvalue weighted by atomic mass is 10.2. The molecule has 0 aliphatic heterocycles. The summed E-state index contributed by atoms with van der Waals surface area (Å²) in [4.78, 5) is 15.1. The van der Waals surface area contributed by atoms with E-state index in [1.54, 1.807) is 22.8 Å². The van der Waals surface area contributed by atoms with Gasteiger partial charge in [0.15, 0.2) is 11.4 Å². The molecule has 2 aromatic heterocycles. The van der Waals surface area contributed by atoms with Gasteiger partial charge >= 0.3 is 0 Å². The van der Waals surface area contributed by atoms with Crippen molar-refractivity contribution >= 4 is 11.4 Å². The summed E-state index contributed by atoms with van der Waals surface area (Å²) in [5, 5.41) is 3.91. The monoisotopic (exact) mass is 176 g/mol. The highest BCUT2D eigenvalue weighted by atomic mass is 16.1. The molecule has 5 heteroatoms. The fraction of sp³-hybridized carbons (Fsp3) is 0.125. The van der Waals surface area contributed by atoms with E-state index in [4.69, 9.17) is 5.73 Å². The van der Waals surface area contributed by atoms with Crippen LogP contribution in [0.5, 0.6) is 0 Å². The van der Waals surface area contributed by atoms with Crippen LogP contribution in [-0.2, 0) is 0 Å². The molecule has 0 unspecified atom stereocenters. The van der Waals surface area contributed by atoms with Crippen LogP contribution in [0.1, 0.15) is 10.4 Å². The van der Waals surface area contributed by atoms with Crippen molar-refractivity contribution in [1.82, 2.24) is 14.6 Å². The zero-order valence-electron chi connectivity index (χ0n) is 6.84. The van der Waals surface area contributed by atoms with Crippen LogP contribution < -0.4 is 5.73 Å². The van der Waals surface area contributed by atoms with Crippen LogP contribution in [0.3, 0.4) is 0 Å². The van der Waals surface area contributed by atoms with Gasteiger partial charge in [-0.05, 0) is 12.1 Å². The third kappa shape index (κ3) is 1.29. The minimum absolute atomic E-state index is 0.0141. The van der Waals surface area contributed by atoms with E-state index in [0.29, 0.717) is 11.2 Å². The van der Waals surface area contributed by atoms with Crippen LogP contribution >= 0.6 is 0 Å². The molecule has 0 aliphatic rings. The molecule has 66 valence electrons. The molecule has 0 saturated heterocycles. The molecule has 2 heterocycles. The van der Waals surface area contributed by atoms with Crippen LogP contribution in [0.4, 0.5) is 0 Å². The van der Waals surface area contributed by atoms with Crippen LogP contribution in [0.2, 0.25) is 0 Å². The van der Waals surface area contributed by atoms with Crippen molar-refractivity contribution in [3.05, 3.63) is 30.2 Å². The second-order valence-corrected chi connectivity index (χ2v) is 2.61. The fourth-order valence-corrected chi connectivity index (χ4v) is 1.10. The summed E-state index contributed by atoms with van der Waals surface area (Å²) in [5.74, 6) is -0.0996. The summed E-state index contributed by atoms with van der Waals surface area (Å²) in [7, 11) is 0. The van der Waals surface area contributed by atoms with Gasteiger partial charge in [0.05, 0.1) is 6.54 Å². The number of carbonyl (C=O) groups excluding carboxylic acids is 1. The molecule has 2 rings (SSSR count). The van der Waals surface area contributed by atoms with Gasteiger partial charge in [-0.2, -0.15) is 5.10 Å². The maximum absolute atomic E-state index is 11.2. The Kier molecular flexibility index (Phi) is 1.79.